The van der Waals surface area contributed by atoms with Crippen LogP contribution >= 0.6 is 0 Å². The minimum absolute atomic E-state index is 0.266. The van der Waals surface area contributed by atoms with Gasteiger partial charge < -0.3 is 4.74 Å². The SMILES string of the molecule is COc1cc(-n2ccnc2-c2ccc(F)cc2)ccn1. The summed E-state index contributed by atoms with van der Waals surface area (Å²) < 4.78 is 20.0. The summed E-state index contributed by atoms with van der Waals surface area (Å²) in [6.45, 7) is 0. The normalized spacial score (nSPS) is 10.5. The van der Waals surface area contributed by atoms with Crippen molar-refractivity contribution in [1.82, 2.24) is 14.5 Å². The lowest BCUT2D eigenvalue weighted by Crippen LogP contribution is -1.98. The molecule has 0 saturated heterocycles. The molecular weight excluding hydrogens is 257 g/mol. The number of imidazole rings is 1. The Morgan fingerprint density at radius 1 is 1.05 bits per heavy atom. The number of hydrogen-bond acceptors (Lipinski definition) is 3. The van der Waals surface area contributed by atoms with Gasteiger partial charge in [-0.1, -0.05) is 0 Å². The van der Waals surface area contributed by atoms with Gasteiger partial charge in [0.05, 0.1) is 12.8 Å². The molecule has 0 aliphatic rings. The van der Waals surface area contributed by atoms with Crippen molar-refractivity contribution in [2.75, 3.05) is 7.11 Å². The summed E-state index contributed by atoms with van der Waals surface area (Å²) in [5, 5.41) is 0. The Balaban J connectivity index is 2.07. The third-order valence-corrected chi connectivity index (χ3v) is 2.95. The Labute approximate surface area is 115 Å². The summed E-state index contributed by atoms with van der Waals surface area (Å²) in [6.07, 6.45) is 5.21. The summed E-state index contributed by atoms with van der Waals surface area (Å²) in [5.74, 6) is 0.997. The van der Waals surface area contributed by atoms with Gasteiger partial charge in [0.15, 0.2) is 0 Å². The molecule has 2 heterocycles. The van der Waals surface area contributed by atoms with Crippen LogP contribution in [0.4, 0.5) is 4.39 Å². The standard InChI is InChI=1S/C15H12FN3O/c1-20-14-10-13(6-7-17-14)19-9-8-18-15(19)11-2-4-12(16)5-3-11/h2-10H,1H3. The third-order valence-electron chi connectivity index (χ3n) is 2.95. The predicted octanol–water partition coefficient (Wildman–Crippen LogP) is 3.08. The highest BCUT2D eigenvalue weighted by atomic mass is 19.1. The largest absolute Gasteiger partial charge is 0.481 e. The van der Waals surface area contributed by atoms with Crippen LogP contribution in [0.2, 0.25) is 0 Å². The number of pyridine rings is 1. The first-order valence-corrected chi connectivity index (χ1v) is 6.07. The molecule has 0 aliphatic carbocycles. The molecule has 0 unspecified atom stereocenters. The summed E-state index contributed by atoms with van der Waals surface area (Å²) in [4.78, 5) is 8.40. The molecule has 0 aliphatic heterocycles. The fraction of sp³-hybridized carbons (Fsp3) is 0.0667. The van der Waals surface area contributed by atoms with Gasteiger partial charge in [0.2, 0.25) is 5.88 Å². The van der Waals surface area contributed by atoms with Crippen molar-refractivity contribution >= 4 is 0 Å². The molecule has 0 atom stereocenters. The highest BCUT2D eigenvalue weighted by Crippen LogP contribution is 2.22. The predicted molar refractivity (Wildman–Crippen MR) is 73.3 cm³/mol. The molecule has 0 amide bonds. The van der Waals surface area contributed by atoms with Crippen molar-refractivity contribution in [2.24, 2.45) is 0 Å². The average molecular weight is 269 g/mol. The van der Waals surface area contributed by atoms with Gasteiger partial charge in [0, 0.05) is 30.2 Å². The molecule has 0 N–H and O–H groups in total. The van der Waals surface area contributed by atoms with Crippen LogP contribution in [0, 0.1) is 5.82 Å². The Bertz CT molecular complexity index is 722. The first-order valence-electron chi connectivity index (χ1n) is 6.07. The van der Waals surface area contributed by atoms with Crippen LogP contribution in [0.5, 0.6) is 5.88 Å². The van der Waals surface area contributed by atoms with E-state index in [0.717, 1.165) is 17.1 Å². The van der Waals surface area contributed by atoms with Gasteiger partial charge in [-0.25, -0.2) is 14.4 Å². The zero-order valence-corrected chi connectivity index (χ0v) is 10.8. The van der Waals surface area contributed by atoms with Crippen molar-refractivity contribution in [3.8, 4) is 23.0 Å². The van der Waals surface area contributed by atoms with Gasteiger partial charge in [0.25, 0.3) is 0 Å². The average Bonchev–Trinajstić information content (AvgIpc) is 2.97. The second kappa shape index (κ2) is 5.13. The number of halogens is 1. The lowest BCUT2D eigenvalue weighted by atomic mass is 10.2. The fourth-order valence-electron chi connectivity index (χ4n) is 1.98. The highest BCUT2D eigenvalue weighted by molar-refractivity contribution is 5.58. The maximum atomic E-state index is 13.0. The zero-order chi connectivity index (χ0) is 13.9. The summed E-state index contributed by atoms with van der Waals surface area (Å²) in [5.41, 5.74) is 1.72. The van der Waals surface area contributed by atoms with Gasteiger partial charge in [-0.05, 0) is 30.3 Å². The number of nitrogens with zero attached hydrogens (tertiary/aromatic N) is 3. The first kappa shape index (κ1) is 12.3. The molecule has 0 fully saturated rings. The molecule has 3 rings (SSSR count). The van der Waals surface area contributed by atoms with Gasteiger partial charge in [-0.3, -0.25) is 4.57 Å². The van der Waals surface area contributed by atoms with Crippen LogP contribution in [0.3, 0.4) is 0 Å². The van der Waals surface area contributed by atoms with Crippen molar-refractivity contribution in [3.63, 3.8) is 0 Å². The van der Waals surface area contributed by atoms with E-state index in [2.05, 4.69) is 9.97 Å². The minimum atomic E-state index is -0.266. The van der Waals surface area contributed by atoms with E-state index in [0.29, 0.717) is 5.88 Å². The second-order valence-corrected chi connectivity index (χ2v) is 4.18. The Hall–Kier alpha value is -2.69. The monoisotopic (exact) mass is 269 g/mol. The van der Waals surface area contributed by atoms with E-state index in [1.54, 1.807) is 31.6 Å². The van der Waals surface area contributed by atoms with Crippen LogP contribution in [-0.4, -0.2) is 21.6 Å². The number of hydrogen-bond donors (Lipinski definition) is 0. The Morgan fingerprint density at radius 2 is 1.85 bits per heavy atom. The number of ether oxygens (including phenoxy) is 1. The maximum absolute atomic E-state index is 13.0. The van der Waals surface area contributed by atoms with Crippen molar-refractivity contribution in [2.45, 2.75) is 0 Å². The molecule has 5 heteroatoms. The molecule has 1 aromatic carbocycles. The van der Waals surface area contributed by atoms with E-state index < -0.39 is 0 Å². The molecular formula is C15H12FN3O. The van der Waals surface area contributed by atoms with Crippen LogP contribution in [0.25, 0.3) is 17.1 Å². The molecule has 3 aromatic rings. The second-order valence-electron chi connectivity index (χ2n) is 4.18. The van der Waals surface area contributed by atoms with Gasteiger partial charge in [-0.15, -0.1) is 0 Å². The summed E-state index contributed by atoms with van der Waals surface area (Å²) in [7, 11) is 1.57. The van der Waals surface area contributed by atoms with Gasteiger partial charge in [-0.2, -0.15) is 0 Å². The van der Waals surface area contributed by atoms with Crippen molar-refractivity contribution < 1.29 is 9.13 Å². The van der Waals surface area contributed by atoms with Crippen molar-refractivity contribution in [3.05, 3.63) is 60.8 Å². The van der Waals surface area contributed by atoms with E-state index in [4.69, 9.17) is 4.74 Å². The minimum Gasteiger partial charge on any atom is -0.481 e. The number of aromatic nitrogens is 3. The Kier molecular flexibility index (Phi) is 3.16. The molecule has 0 spiro atoms. The highest BCUT2D eigenvalue weighted by Gasteiger charge is 2.08. The first-order chi connectivity index (χ1) is 9.78. The van der Waals surface area contributed by atoms with Crippen LogP contribution in [-0.2, 0) is 0 Å². The van der Waals surface area contributed by atoms with Crippen molar-refractivity contribution in [1.29, 1.82) is 0 Å². The van der Waals surface area contributed by atoms with E-state index in [-0.39, 0.29) is 5.82 Å². The molecule has 100 valence electrons. The molecule has 4 nitrogen and oxygen atoms in total. The van der Waals surface area contributed by atoms with E-state index in [1.165, 1.54) is 12.1 Å². The number of methoxy groups -OCH3 is 1. The smallest absolute Gasteiger partial charge is 0.215 e. The summed E-state index contributed by atoms with van der Waals surface area (Å²) in [6, 6.07) is 9.91. The van der Waals surface area contributed by atoms with Crippen LogP contribution < -0.4 is 4.74 Å². The fourth-order valence-corrected chi connectivity index (χ4v) is 1.98. The lowest BCUT2D eigenvalue weighted by Gasteiger charge is -2.09. The molecule has 0 radical (unpaired) electrons. The molecule has 0 bridgehead atoms. The van der Waals surface area contributed by atoms with Gasteiger partial charge >= 0.3 is 0 Å². The summed E-state index contributed by atoms with van der Waals surface area (Å²) >= 11 is 0. The zero-order valence-electron chi connectivity index (χ0n) is 10.8. The number of benzene rings is 1. The van der Waals surface area contributed by atoms with E-state index >= 15 is 0 Å². The van der Waals surface area contributed by atoms with Crippen LogP contribution in [0.1, 0.15) is 0 Å². The van der Waals surface area contributed by atoms with Crippen LogP contribution in [0.15, 0.2) is 55.0 Å². The molecule has 20 heavy (non-hydrogen) atoms. The molecule has 2 aromatic heterocycles. The third kappa shape index (κ3) is 2.25. The number of rotatable bonds is 3. The molecule has 0 saturated carbocycles. The van der Waals surface area contributed by atoms with E-state index in [1.807, 2.05) is 22.9 Å². The quantitative estimate of drug-likeness (QED) is 0.733. The topological polar surface area (TPSA) is 39.9 Å². The maximum Gasteiger partial charge on any atom is 0.215 e. The lowest BCUT2D eigenvalue weighted by molar-refractivity contribution is 0.397. The van der Waals surface area contributed by atoms with E-state index in [9.17, 15) is 4.39 Å². The van der Waals surface area contributed by atoms with Gasteiger partial charge in [0.1, 0.15) is 11.6 Å². The Morgan fingerprint density at radius 3 is 2.60 bits per heavy atom.